The minimum atomic E-state index is -1.14. The molecule has 1 unspecified atom stereocenters. The van der Waals surface area contributed by atoms with Crippen LogP contribution in [0.1, 0.15) is 33.6 Å². The van der Waals surface area contributed by atoms with Crippen molar-refractivity contribution >= 4 is 12.0 Å². The normalized spacial score (nSPS) is 12.4. The van der Waals surface area contributed by atoms with Crippen molar-refractivity contribution in [3.05, 3.63) is 0 Å². The number of carboxylic acids is 1. The van der Waals surface area contributed by atoms with Gasteiger partial charge in [-0.3, -0.25) is 0 Å². The van der Waals surface area contributed by atoms with Gasteiger partial charge in [-0.25, -0.2) is 9.59 Å². The first-order valence-corrected chi connectivity index (χ1v) is 5.07. The van der Waals surface area contributed by atoms with Gasteiger partial charge in [-0.1, -0.05) is 6.92 Å². The number of rotatable bonds is 5. The molecule has 0 radical (unpaired) electrons. The number of terminal acetylenes is 1. The summed E-state index contributed by atoms with van der Waals surface area (Å²) in [6, 6.07) is -1.56. The predicted molar refractivity (Wildman–Crippen MR) is 60.9 cm³/mol. The highest BCUT2D eigenvalue weighted by Crippen LogP contribution is 2.06. The van der Waals surface area contributed by atoms with E-state index in [0.717, 1.165) is 6.42 Å². The highest BCUT2D eigenvalue weighted by atomic mass is 16.4. The molecule has 0 bridgehead atoms. The fraction of sp³-hybridized carbons (Fsp3) is 0.636. The van der Waals surface area contributed by atoms with Crippen LogP contribution in [0.25, 0.3) is 0 Å². The van der Waals surface area contributed by atoms with Gasteiger partial charge in [-0.15, -0.1) is 12.3 Å². The summed E-state index contributed by atoms with van der Waals surface area (Å²) < 4.78 is 0. The van der Waals surface area contributed by atoms with Gasteiger partial charge in [0.05, 0.1) is 0 Å². The van der Waals surface area contributed by atoms with Crippen LogP contribution in [0.3, 0.4) is 0 Å². The van der Waals surface area contributed by atoms with Crippen molar-refractivity contribution in [2.75, 3.05) is 0 Å². The Morgan fingerprint density at radius 1 is 1.50 bits per heavy atom. The van der Waals surface area contributed by atoms with Crippen LogP contribution in [0.5, 0.6) is 0 Å². The second-order valence-corrected chi connectivity index (χ2v) is 4.13. The maximum absolute atomic E-state index is 11.5. The Bertz CT molecular complexity index is 305. The molecule has 0 aromatic heterocycles. The van der Waals surface area contributed by atoms with Crippen LogP contribution in [0.4, 0.5) is 4.79 Å². The Hall–Kier alpha value is -1.70. The molecule has 0 fully saturated rings. The van der Waals surface area contributed by atoms with E-state index in [4.69, 9.17) is 11.5 Å². The monoisotopic (exact) mass is 226 g/mol. The third-order valence-corrected chi connectivity index (χ3v) is 2.26. The first-order chi connectivity index (χ1) is 7.32. The van der Waals surface area contributed by atoms with Crippen LogP contribution in [-0.4, -0.2) is 28.7 Å². The van der Waals surface area contributed by atoms with E-state index in [-0.39, 0.29) is 12.0 Å². The number of carboxylic acid groups (broad SMARTS) is 1. The Kier molecular flexibility index (Phi) is 5.37. The summed E-state index contributed by atoms with van der Waals surface area (Å²) in [5.41, 5.74) is -0.372. The van der Waals surface area contributed by atoms with Crippen LogP contribution >= 0.6 is 0 Å². The number of amides is 2. The summed E-state index contributed by atoms with van der Waals surface area (Å²) in [4.78, 5) is 22.2. The van der Waals surface area contributed by atoms with Gasteiger partial charge in [0.2, 0.25) is 0 Å². The zero-order chi connectivity index (χ0) is 12.8. The van der Waals surface area contributed by atoms with Crippen molar-refractivity contribution < 1.29 is 14.7 Å². The number of aliphatic carboxylic acids is 1. The zero-order valence-electron chi connectivity index (χ0n) is 9.83. The van der Waals surface area contributed by atoms with Crippen LogP contribution in [-0.2, 0) is 4.79 Å². The first-order valence-electron chi connectivity index (χ1n) is 5.07. The third kappa shape index (κ3) is 5.25. The number of nitrogens with one attached hydrogen (secondary N) is 2. The molecule has 90 valence electrons. The average Bonchev–Trinajstić information content (AvgIpc) is 2.16. The van der Waals surface area contributed by atoms with Crippen LogP contribution in [0, 0.1) is 12.3 Å². The molecule has 0 aliphatic carbocycles. The van der Waals surface area contributed by atoms with Gasteiger partial charge in [-0.05, 0) is 20.3 Å². The fourth-order valence-corrected chi connectivity index (χ4v) is 0.908. The number of hydrogen-bond donors (Lipinski definition) is 3. The van der Waals surface area contributed by atoms with Crippen molar-refractivity contribution in [3.63, 3.8) is 0 Å². The third-order valence-electron chi connectivity index (χ3n) is 2.26. The molecule has 2 amide bonds. The summed E-state index contributed by atoms with van der Waals surface area (Å²) in [7, 11) is 0. The van der Waals surface area contributed by atoms with Crippen molar-refractivity contribution in [1.82, 2.24) is 10.6 Å². The number of carbonyl (C=O) groups is 2. The van der Waals surface area contributed by atoms with E-state index in [1.807, 2.05) is 20.8 Å². The molecular weight excluding hydrogens is 208 g/mol. The quantitative estimate of drug-likeness (QED) is 0.611. The van der Waals surface area contributed by atoms with Gasteiger partial charge < -0.3 is 15.7 Å². The number of urea groups is 1. The average molecular weight is 226 g/mol. The van der Waals surface area contributed by atoms with Gasteiger partial charge in [-0.2, -0.15) is 0 Å². The fourth-order valence-electron chi connectivity index (χ4n) is 0.908. The van der Waals surface area contributed by atoms with Crippen molar-refractivity contribution in [2.24, 2.45) is 0 Å². The highest BCUT2D eigenvalue weighted by Gasteiger charge is 2.22. The van der Waals surface area contributed by atoms with Crippen molar-refractivity contribution in [2.45, 2.75) is 45.2 Å². The van der Waals surface area contributed by atoms with Crippen molar-refractivity contribution in [3.8, 4) is 12.3 Å². The Labute approximate surface area is 95.6 Å². The van der Waals surface area contributed by atoms with Gasteiger partial charge in [0.15, 0.2) is 0 Å². The molecule has 0 spiro atoms. The summed E-state index contributed by atoms with van der Waals surface area (Å²) in [5.74, 6) is 1.07. The smallest absolute Gasteiger partial charge is 0.327 e. The lowest BCUT2D eigenvalue weighted by Gasteiger charge is -2.25. The van der Waals surface area contributed by atoms with Gasteiger partial charge >= 0.3 is 12.0 Å². The Morgan fingerprint density at radius 3 is 2.44 bits per heavy atom. The van der Waals surface area contributed by atoms with Gasteiger partial charge in [0, 0.05) is 12.0 Å². The number of hydrogen-bond acceptors (Lipinski definition) is 2. The minimum Gasteiger partial charge on any atom is -0.480 e. The first kappa shape index (κ1) is 14.3. The molecule has 0 saturated carbocycles. The van der Waals surface area contributed by atoms with Gasteiger partial charge in [0.25, 0.3) is 0 Å². The topological polar surface area (TPSA) is 78.4 Å². The lowest BCUT2D eigenvalue weighted by atomic mass is 10.0. The molecule has 3 N–H and O–H groups in total. The summed E-state index contributed by atoms with van der Waals surface area (Å²) >= 11 is 0. The molecule has 5 heteroatoms. The maximum Gasteiger partial charge on any atom is 0.327 e. The van der Waals surface area contributed by atoms with Crippen LogP contribution in [0.15, 0.2) is 0 Å². The van der Waals surface area contributed by atoms with Crippen LogP contribution < -0.4 is 10.6 Å². The molecule has 0 aromatic rings. The Morgan fingerprint density at radius 2 is 2.06 bits per heavy atom. The lowest BCUT2D eigenvalue weighted by molar-refractivity contribution is -0.139. The molecule has 5 nitrogen and oxygen atoms in total. The van der Waals surface area contributed by atoms with E-state index < -0.39 is 18.0 Å². The highest BCUT2D eigenvalue weighted by molar-refractivity contribution is 5.83. The molecule has 0 rings (SSSR count). The molecule has 0 aliphatic rings. The number of carbonyl (C=O) groups excluding carboxylic acids is 1. The van der Waals surface area contributed by atoms with E-state index >= 15 is 0 Å². The standard InChI is InChI=1S/C11H18N2O3/c1-5-7-8(9(14)15)12-10(16)13-11(3,4)6-2/h1,8H,6-7H2,2-4H3,(H,14,15)(H2,12,13,16). The molecule has 0 aliphatic heterocycles. The molecule has 1 atom stereocenters. The predicted octanol–water partition coefficient (Wildman–Crippen LogP) is 0.951. The second kappa shape index (κ2) is 6.01. The largest absolute Gasteiger partial charge is 0.480 e. The molecule has 16 heavy (non-hydrogen) atoms. The van der Waals surface area contributed by atoms with Crippen LogP contribution in [0.2, 0.25) is 0 Å². The summed E-state index contributed by atoms with van der Waals surface area (Å²) in [6.45, 7) is 5.63. The van der Waals surface area contributed by atoms with Crippen molar-refractivity contribution in [1.29, 1.82) is 0 Å². The van der Waals surface area contributed by atoms with E-state index in [1.54, 1.807) is 0 Å². The Balaban J connectivity index is 4.32. The summed E-state index contributed by atoms with van der Waals surface area (Å²) in [5, 5.41) is 13.8. The maximum atomic E-state index is 11.5. The van der Waals surface area contributed by atoms with E-state index in [1.165, 1.54) is 0 Å². The van der Waals surface area contributed by atoms with E-state index in [9.17, 15) is 9.59 Å². The van der Waals surface area contributed by atoms with E-state index in [0.29, 0.717) is 0 Å². The summed E-state index contributed by atoms with van der Waals surface area (Å²) in [6.07, 6.45) is 5.72. The minimum absolute atomic E-state index is 0.0324. The molecule has 0 saturated heterocycles. The molecule has 0 aromatic carbocycles. The second-order valence-electron chi connectivity index (χ2n) is 4.13. The van der Waals surface area contributed by atoms with Gasteiger partial charge in [0.1, 0.15) is 6.04 Å². The SMILES string of the molecule is C#CCC(NC(=O)NC(C)(C)CC)C(=O)O. The molecule has 0 heterocycles. The lowest BCUT2D eigenvalue weighted by Crippen LogP contribution is -2.52. The zero-order valence-corrected chi connectivity index (χ0v) is 9.83. The molecular formula is C11H18N2O3. The van der Waals surface area contributed by atoms with E-state index in [2.05, 4.69) is 16.6 Å².